The molecule has 0 aliphatic rings. The Labute approximate surface area is 171 Å². The summed E-state index contributed by atoms with van der Waals surface area (Å²) in [6.07, 6.45) is 4.47. The minimum Gasteiger partial charge on any atom is -0.268 e. The van der Waals surface area contributed by atoms with Crippen LogP contribution >= 0.6 is 11.3 Å². The third kappa shape index (κ3) is 3.88. The van der Waals surface area contributed by atoms with Gasteiger partial charge in [-0.1, -0.05) is 60.2 Å². The van der Waals surface area contributed by atoms with E-state index in [0.29, 0.717) is 10.2 Å². The summed E-state index contributed by atoms with van der Waals surface area (Å²) in [6, 6.07) is 17.6. The van der Waals surface area contributed by atoms with Gasteiger partial charge < -0.3 is 0 Å². The third-order valence-corrected chi connectivity index (χ3v) is 5.56. The number of carbonyl (C=O) groups is 1. The Morgan fingerprint density at radius 2 is 1.90 bits per heavy atom. The topological polar surface area (TPSA) is 64.0 Å². The molecular formula is C23H19N3O2S. The molecule has 4 rings (SSSR count). The lowest BCUT2D eigenvalue weighted by Gasteiger charge is -2.06. The molecule has 0 saturated carbocycles. The zero-order chi connectivity index (χ0) is 20.4. The third-order valence-electron chi connectivity index (χ3n) is 4.55. The van der Waals surface area contributed by atoms with E-state index >= 15 is 0 Å². The van der Waals surface area contributed by atoms with Crippen LogP contribution in [0.15, 0.2) is 71.8 Å². The van der Waals surface area contributed by atoms with Crippen LogP contribution in [0.25, 0.3) is 27.4 Å². The van der Waals surface area contributed by atoms with Gasteiger partial charge in [-0.25, -0.2) is 9.66 Å². The summed E-state index contributed by atoms with van der Waals surface area (Å²) >= 11 is 1.47. The normalized spacial score (nSPS) is 11.2. The number of thiophene rings is 1. The number of nitrogens with one attached hydrogen (secondary N) is 1. The van der Waals surface area contributed by atoms with Crippen LogP contribution in [-0.2, 0) is 4.79 Å². The van der Waals surface area contributed by atoms with Crippen LogP contribution in [0.1, 0.15) is 16.0 Å². The van der Waals surface area contributed by atoms with E-state index in [9.17, 15) is 9.59 Å². The Bertz CT molecular complexity index is 1290. The zero-order valence-corrected chi connectivity index (χ0v) is 16.9. The molecule has 0 radical (unpaired) electrons. The molecule has 0 aliphatic carbocycles. The first kappa shape index (κ1) is 18.8. The van der Waals surface area contributed by atoms with Crippen molar-refractivity contribution in [3.8, 4) is 11.1 Å². The van der Waals surface area contributed by atoms with Crippen molar-refractivity contribution in [2.45, 2.75) is 13.8 Å². The average Bonchev–Trinajstić information content (AvgIpc) is 3.06. The molecule has 0 aliphatic heterocycles. The molecule has 144 valence electrons. The SMILES string of the molecule is Cc1cccc(/C=C/C(=O)Nn2cnc3sc(C)c(-c4ccccc4)c3c2=O)c1. The predicted octanol–water partition coefficient (Wildman–Crippen LogP) is 4.53. The highest BCUT2D eigenvalue weighted by Crippen LogP contribution is 2.35. The second kappa shape index (κ2) is 7.85. The largest absolute Gasteiger partial charge is 0.281 e. The molecule has 1 N–H and O–H groups in total. The van der Waals surface area contributed by atoms with Gasteiger partial charge in [0.25, 0.3) is 11.5 Å². The first-order chi connectivity index (χ1) is 14.0. The molecule has 0 spiro atoms. The van der Waals surface area contributed by atoms with Crippen LogP contribution in [0.4, 0.5) is 0 Å². The lowest BCUT2D eigenvalue weighted by Crippen LogP contribution is -2.32. The number of nitrogens with zero attached hydrogens (tertiary/aromatic N) is 2. The number of amides is 1. The highest BCUT2D eigenvalue weighted by molar-refractivity contribution is 7.19. The van der Waals surface area contributed by atoms with Gasteiger partial charge in [0.1, 0.15) is 11.2 Å². The summed E-state index contributed by atoms with van der Waals surface area (Å²) in [6.45, 7) is 3.96. The molecule has 0 fully saturated rings. The van der Waals surface area contributed by atoms with Crippen LogP contribution in [0.3, 0.4) is 0 Å². The quantitative estimate of drug-likeness (QED) is 0.511. The molecule has 0 bridgehead atoms. The fraction of sp³-hybridized carbons (Fsp3) is 0.0870. The first-order valence-electron chi connectivity index (χ1n) is 9.15. The Hall–Kier alpha value is -3.51. The van der Waals surface area contributed by atoms with Crippen molar-refractivity contribution in [1.29, 1.82) is 0 Å². The second-order valence-electron chi connectivity index (χ2n) is 6.72. The molecular weight excluding hydrogens is 382 g/mol. The number of aryl methyl sites for hydroxylation is 2. The van der Waals surface area contributed by atoms with E-state index in [-0.39, 0.29) is 5.56 Å². The predicted molar refractivity (Wildman–Crippen MR) is 119 cm³/mol. The number of hydrogen-bond acceptors (Lipinski definition) is 4. The van der Waals surface area contributed by atoms with E-state index in [1.165, 1.54) is 23.7 Å². The van der Waals surface area contributed by atoms with Crippen molar-refractivity contribution in [2.24, 2.45) is 0 Å². The van der Waals surface area contributed by atoms with Crippen molar-refractivity contribution >= 4 is 33.5 Å². The monoisotopic (exact) mass is 401 g/mol. The minimum absolute atomic E-state index is 0.296. The number of benzene rings is 2. The van der Waals surface area contributed by atoms with Gasteiger partial charge >= 0.3 is 0 Å². The summed E-state index contributed by atoms with van der Waals surface area (Å²) in [4.78, 5) is 31.5. The average molecular weight is 401 g/mol. The molecule has 5 nitrogen and oxygen atoms in total. The summed E-state index contributed by atoms with van der Waals surface area (Å²) < 4.78 is 1.14. The van der Waals surface area contributed by atoms with Gasteiger partial charge in [-0.15, -0.1) is 11.3 Å². The van der Waals surface area contributed by atoms with Crippen molar-refractivity contribution < 1.29 is 4.79 Å². The van der Waals surface area contributed by atoms with Gasteiger partial charge in [0.15, 0.2) is 0 Å². The van der Waals surface area contributed by atoms with Crippen LogP contribution in [0.2, 0.25) is 0 Å². The van der Waals surface area contributed by atoms with Gasteiger partial charge in [-0.2, -0.15) is 0 Å². The Kier molecular flexibility index (Phi) is 5.10. The fourth-order valence-corrected chi connectivity index (χ4v) is 4.24. The van der Waals surface area contributed by atoms with Gasteiger partial charge in [0.2, 0.25) is 0 Å². The molecule has 0 atom stereocenters. The number of hydrogen-bond donors (Lipinski definition) is 1. The standard InChI is InChI=1S/C23H19N3O2S/c1-15-7-6-8-17(13-15)11-12-19(27)25-26-14-24-22-21(23(26)28)20(16(2)29-22)18-9-4-3-5-10-18/h3-14H,1-2H3,(H,25,27)/b12-11+. The van der Waals surface area contributed by atoms with Crippen molar-refractivity contribution in [1.82, 2.24) is 9.66 Å². The van der Waals surface area contributed by atoms with Gasteiger partial charge in [0, 0.05) is 16.5 Å². The summed E-state index contributed by atoms with van der Waals surface area (Å²) in [5.41, 5.74) is 6.15. The number of rotatable bonds is 4. The second-order valence-corrected chi connectivity index (χ2v) is 7.93. The van der Waals surface area contributed by atoms with Crippen molar-refractivity contribution in [3.63, 3.8) is 0 Å². The van der Waals surface area contributed by atoms with Crippen LogP contribution < -0.4 is 11.0 Å². The highest BCUT2D eigenvalue weighted by atomic mass is 32.1. The van der Waals surface area contributed by atoms with E-state index in [2.05, 4.69) is 10.4 Å². The molecule has 2 aromatic carbocycles. The molecule has 0 saturated heterocycles. The van der Waals surface area contributed by atoms with Crippen LogP contribution in [0, 0.1) is 13.8 Å². The molecule has 1 amide bonds. The van der Waals surface area contributed by atoms with E-state index < -0.39 is 5.91 Å². The zero-order valence-electron chi connectivity index (χ0n) is 16.0. The van der Waals surface area contributed by atoms with E-state index in [1.807, 2.05) is 68.4 Å². The number of carbonyl (C=O) groups excluding carboxylic acids is 1. The summed E-state index contributed by atoms with van der Waals surface area (Å²) in [5.74, 6) is -0.400. The summed E-state index contributed by atoms with van der Waals surface area (Å²) in [5, 5.41) is 0.518. The van der Waals surface area contributed by atoms with Gasteiger partial charge in [0.05, 0.1) is 5.39 Å². The van der Waals surface area contributed by atoms with Crippen LogP contribution in [-0.4, -0.2) is 15.6 Å². The Balaban J connectivity index is 1.67. The van der Waals surface area contributed by atoms with Gasteiger partial charge in [-0.05, 0) is 31.1 Å². The highest BCUT2D eigenvalue weighted by Gasteiger charge is 2.17. The maximum atomic E-state index is 13.1. The number of fused-ring (bicyclic) bond motifs is 1. The van der Waals surface area contributed by atoms with Crippen LogP contribution in [0.5, 0.6) is 0 Å². The van der Waals surface area contributed by atoms with Crippen molar-refractivity contribution in [2.75, 3.05) is 5.43 Å². The Morgan fingerprint density at radius 1 is 1.10 bits per heavy atom. The smallest absolute Gasteiger partial charge is 0.268 e. The molecule has 29 heavy (non-hydrogen) atoms. The van der Waals surface area contributed by atoms with E-state index in [0.717, 1.165) is 31.8 Å². The number of aromatic nitrogens is 2. The lowest BCUT2D eigenvalue weighted by molar-refractivity contribution is -0.112. The lowest BCUT2D eigenvalue weighted by atomic mass is 10.0. The first-order valence-corrected chi connectivity index (χ1v) is 9.96. The Morgan fingerprint density at radius 3 is 2.66 bits per heavy atom. The van der Waals surface area contributed by atoms with E-state index in [4.69, 9.17) is 0 Å². The maximum Gasteiger partial charge on any atom is 0.281 e. The molecule has 0 unspecified atom stereocenters. The van der Waals surface area contributed by atoms with Crippen molar-refractivity contribution in [3.05, 3.63) is 93.4 Å². The minimum atomic E-state index is -0.400. The molecule has 2 heterocycles. The maximum absolute atomic E-state index is 13.1. The fourth-order valence-electron chi connectivity index (χ4n) is 3.24. The van der Waals surface area contributed by atoms with Gasteiger partial charge in [-0.3, -0.25) is 15.0 Å². The summed E-state index contributed by atoms with van der Waals surface area (Å²) in [7, 11) is 0. The molecule has 6 heteroatoms. The molecule has 2 aromatic heterocycles. The molecule has 4 aromatic rings. The van der Waals surface area contributed by atoms with E-state index in [1.54, 1.807) is 6.08 Å².